The van der Waals surface area contributed by atoms with Gasteiger partial charge in [-0.05, 0) is 25.0 Å². The number of hydrogen-bond donors (Lipinski definition) is 4. The Kier molecular flexibility index (Phi) is 4.22. The number of nitrogens with two attached hydrogens (primary N) is 1. The van der Waals surface area contributed by atoms with Crippen molar-refractivity contribution in [1.82, 2.24) is 5.32 Å². The number of carbonyl (C=O) groups is 1. The summed E-state index contributed by atoms with van der Waals surface area (Å²) in [6.07, 6.45) is 2.62. The minimum absolute atomic E-state index is 0.0837. The van der Waals surface area contributed by atoms with E-state index in [0.29, 0.717) is 0 Å². The standard InChI is InChI=1S/C13H18N4O2/c14-12(17-19)10-7-4-8-11(10)16-13(18)15-9-5-2-1-3-6-9/h1-3,5-6,10-11,19H,4,7-8H2,(H2,14,17)(H2,15,16,18). The Balaban J connectivity index is 1.92. The molecule has 2 unspecified atom stereocenters. The molecule has 5 N–H and O–H groups in total. The van der Waals surface area contributed by atoms with E-state index >= 15 is 0 Å². The first-order valence-corrected chi connectivity index (χ1v) is 6.30. The van der Waals surface area contributed by atoms with E-state index in [2.05, 4.69) is 15.8 Å². The summed E-state index contributed by atoms with van der Waals surface area (Å²) in [5.41, 5.74) is 6.36. The maximum absolute atomic E-state index is 11.9. The Morgan fingerprint density at radius 1 is 1.32 bits per heavy atom. The molecule has 0 aliphatic heterocycles. The van der Waals surface area contributed by atoms with E-state index in [-0.39, 0.29) is 23.8 Å². The number of para-hydroxylation sites is 1. The Bertz CT molecular complexity index is 461. The third-order valence-electron chi connectivity index (χ3n) is 3.36. The van der Waals surface area contributed by atoms with Crippen molar-refractivity contribution in [2.75, 3.05) is 5.32 Å². The van der Waals surface area contributed by atoms with Crippen LogP contribution in [-0.4, -0.2) is 23.1 Å². The maximum atomic E-state index is 11.9. The SMILES string of the molecule is N/C(=N/O)C1CCCC1NC(=O)Nc1ccccc1. The molecule has 1 saturated carbocycles. The molecule has 1 aromatic rings. The fraction of sp³-hybridized carbons (Fsp3) is 0.385. The summed E-state index contributed by atoms with van der Waals surface area (Å²) in [7, 11) is 0. The summed E-state index contributed by atoms with van der Waals surface area (Å²) in [6.45, 7) is 0. The largest absolute Gasteiger partial charge is 0.409 e. The van der Waals surface area contributed by atoms with E-state index in [9.17, 15) is 4.79 Å². The number of urea groups is 1. The topological polar surface area (TPSA) is 99.7 Å². The van der Waals surface area contributed by atoms with E-state index in [0.717, 1.165) is 24.9 Å². The Morgan fingerprint density at radius 3 is 2.74 bits per heavy atom. The van der Waals surface area contributed by atoms with Crippen LogP contribution in [0.1, 0.15) is 19.3 Å². The van der Waals surface area contributed by atoms with Crippen molar-refractivity contribution in [3.63, 3.8) is 0 Å². The number of rotatable bonds is 3. The van der Waals surface area contributed by atoms with E-state index in [1.807, 2.05) is 30.3 Å². The number of amidine groups is 1. The monoisotopic (exact) mass is 262 g/mol. The molecule has 0 bridgehead atoms. The van der Waals surface area contributed by atoms with Crippen LogP contribution in [0.15, 0.2) is 35.5 Å². The van der Waals surface area contributed by atoms with Crippen LogP contribution in [0.5, 0.6) is 0 Å². The zero-order valence-electron chi connectivity index (χ0n) is 10.5. The van der Waals surface area contributed by atoms with Crippen LogP contribution in [0, 0.1) is 5.92 Å². The van der Waals surface area contributed by atoms with Gasteiger partial charge in [0.2, 0.25) is 0 Å². The molecule has 1 aromatic carbocycles. The Morgan fingerprint density at radius 2 is 2.05 bits per heavy atom. The van der Waals surface area contributed by atoms with Crippen molar-refractivity contribution >= 4 is 17.6 Å². The van der Waals surface area contributed by atoms with Crippen LogP contribution in [0.25, 0.3) is 0 Å². The number of nitrogens with zero attached hydrogens (tertiary/aromatic N) is 1. The number of benzene rings is 1. The molecule has 0 heterocycles. The zero-order valence-corrected chi connectivity index (χ0v) is 10.5. The fourth-order valence-corrected chi connectivity index (χ4v) is 2.42. The van der Waals surface area contributed by atoms with Gasteiger partial charge in [0.05, 0.1) is 0 Å². The van der Waals surface area contributed by atoms with Crippen LogP contribution in [0.2, 0.25) is 0 Å². The minimum Gasteiger partial charge on any atom is -0.409 e. The molecule has 1 aliphatic rings. The van der Waals surface area contributed by atoms with E-state index in [4.69, 9.17) is 10.9 Å². The molecule has 1 aliphatic carbocycles. The van der Waals surface area contributed by atoms with Crippen molar-refractivity contribution in [3.8, 4) is 0 Å². The van der Waals surface area contributed by atoms with Gasteiger partial charge in [-0.3, -0.25) is 0 Å². The van der Waals surface area contributed by atoms with Gasteiger partial charge >= 0.3 is 6.03 Å². The highest BCUT2D eigenvalue weighted by molar-refractivity contribution is 5.90. The first-order valence-electron chi connectivity index (χ1n) is 6.30. The molecule has 0 saturated heterocycles. The molecule has 0 radical (unpaired) electrons. The minimum atomic E-state index is -0.270. The highest BCUT2D eigenvalue weighted by atomic mass is 16.4. The lowest BCUT2D eigenvalue weighted by atomic mass is 10.0. The second-order valence-electron chi connectivity index (χ2n) is 4.63. The number of nitrogens with one attached hydrogen (secondary N) is 2. The van der Waals surface area contributed by atoms with Gasteiger partial charge in [0.15, 0.2) is 0 Å². The fourth-order valence-electron chi connectivity index (χ4n) is 2.42. The Labute approximate surface area is 111 Å². The molecule has 102 valence electrons. The molecule has 2 rings (SSSR count). The summed E-state index contributed by atoms with van der Waals surface area (Å²) >= 11 is 0. The van der Waals surface area contributed by atoms with Gasteiger partial charge in [0, 0.05) is 17.6 Å². The van der Waals surface area contributed by atoms with Crippen molar-refractivity contribution < 1.29 is 10.0 Å². The first-order chi connectivity index (χ1) is 9.20. The molecule has 2 amide bonds. The van der Waals surface area contributed by atoms with Gasteiger partial charge in [-0.25, -0.2) is 4.79 Å². The lowest BCUT2D eigenvalue weighted by molar-refractivity contribution is 0.247. The predicted molar refractivity (Wildman–Crippen MR) is 73.1 cm³/mol. The number of anilines is 1. The van der Waals surface area contributed by atoms with Gasteiger partial charge in [-0.15, -0.1) is 0 Å². The maximum Gasteiger partial charge on any atom is 0.319 e. The van der Waals surface area contributed by atoms with E-state index < -0.39 is 0 Å². The second kappa shape index (κ2) is 6.08. The van der Waals surface area contributed by atoms with E-state index in [1.165, 1.54) is 0 Å². The molecule has 19 heavy (non-hydrogen) atoms. The van der Waals surface area contributed by atoms with Crippen molar-refractivity contribution in [1.29, 1.82) is 0 Å². The van der Waals surface area contributed by atoms with Crippen LogP contribution in [0.3, 0.4) is 0 Å². The van der Waals surface area contributed by atoms with Crippen molar-refractivity contribution in [3.05, 3.63) is 30.3 Å². The third kappa shape index (κ3) is 3.37. The molecule has 6 heteroatoms. The highest BCUT2D eigenvalue weighted by Crippen LogP contribution is 2.25. The van der Waals surface area contributed by atoms with Crippen LogP contribution in [0.4, 0.5) is 10.5 Å². The number of amides is 2. The molecule has 0 spiro atoms. The van der Waals surface area contributed by atoms with Gasteiger partial charge in [0.25, 0.3) is 0 Å². The number of oxime groups is 1. The molecular formula is C13H18N4O2. The molecule has 1 fully saturated rings. The molecule has 2 atom stereocenters. The molecule has 6 nitrogen and oxygen atoms in total. The summed E-state index contributed by atoms with van der Waals surface area (Å²) in [4.78, 5) is 11.9. The number of carbonyl (C=O) groups excluding carboxylic acids is 1. The Hall–Kier alpha value is -2.24. The second-order valence-corrected chi connectivity index (χ2v) is 4.63. The van der Waals surface area contributed by atoms with Gasteiger partial charge in [-0.1, -0.05) is 29.8 Å². The normalized spacial score (nSPS) is 23.1. The highest BCUT2D eigenvalue weighted by Gasteiger charge is 2.31. The average Bonchev–Trinajstić information content (AvgIpc) is 2.87. The van der Waals surface area contributed by atoms with Crippen LogP contribution < -0.4 is 16.4 Å². The average molecular weight is 262 g/mol. The summed E-state index contributed by atoms with van der Waals surface area (Å²) in [5.74, 6) is 0.0917. The first kappa shape index (κ1) is 13.2. The third-order valence-corrected chi connectivity index (χ3v) is 3.36. The molecule has 0 aromatic heterocycles. The van der Waals surface area contributed by atoms with Crippen molar-refractivity contribution in [2.45, 2.75) is 25.3 Å². The molecular weight excluding hydrogens is 244 g/mol. The van der Waals surface area contributed by atoms with E-state index in [1.54, 1.807) is 0 Å². The summed E-state index contributed by atoms with van der Waals surface area (Å²) < 4.78 is 0. The van der Waals surface area contributed by atoms with Gasteiger partial charge < -0.3 is 21.6 Å². The van der Waals surface area contributed by atoms with Crippen LogP contribution in [-0.2, 0) is 0 Å². The van der Waals surface area contributed by atoms with Crippen LogP contribution >= 0.6 is 0 Å². The smallest absolute Gasteiger partial charge is 0.319 e. The zero-order chi connectivity index (χ0) is 13.7. The quantitative estimate of drug-likeness (QED) is 0.289. The van der Waals surface area contributed by atoms with Gasteiger partial charge in [0.1, 0.15) is 5.84 Å². The predicted octanol–water partition coefficient (Wildman–Crippen LogP) is 1.72. The van der Waals surface area contributed by atoms with Gasteiger partial charge in [-0.2, -0.15) is 0 Å². The lowest BCUT2D eigenvalue weighted by Gasteiger charge is -2.20. The number of hydrogen-bond acceptors (Lipinski definition) is 3. The van der Waals surface area contributed by atoms with Crippen molar-refractivity contribution in [2.24, 2.45) is 16.8 Å². The lowest BCUT2D eigenvalue weighted by Crippen LogP contribution is -2.44. The summed E-state index contributed by atoms with van der Waals surface area (Å²) in [5, 5.41) is 17.4. The summed E-state index contributed by atoms with van der Waals surface area (Å²) in [6, 6.07) is 8.86.